The van der Waals surface area contributed by atoms with E-state index in [1.165, 1.54) is 31.5 Å². The molecule has 1 aliphatic rings. The minimum Gasteiger partial charge on any atom is -0.329 e. The van der Waals surface area contributed by atoms with Crippen LogP contribution in [0.25, 0.3) is 0 Å². The van der Waals surface area contributed by atoms with Crippen LogP contribution in [0.3, 0.4) is 0 Å². The van der Waals surface area contributed by atoms with Crippen LogP contribution in [0.1, 0.15) is 32.3 Å². The summed E-state index contributed by atoms with van der Waals surface area (Å²) in [5.41, 5.74) is 7.84. The van der Waals surface area contributed by atoms with Crippen LogP contribution in [-0.4, -0.2) is 30.6 Å². The van der Waals surface area contributed by atoms with Crippen molar-refractivity contribution in [2.24, 2.45) is 11.1 Å². The Morgan fingerprint density at radius 3 is 2.61 bits per heavy atom. The van der Waals surface area contributed by atoms with Gasteiger partial charge in [0.05, 0.1) is 0 Å². The summed E-state index contributed by atoms with van der Waals surface area (Å²) in [7, 11) is 0. The van der Waals surface area contributed by atoms with E-state index < -0.39 is 0 Å². The molecule has 100 valence electrons. The Morgan fingerprint density at radius 2 is 2.00 bits per heavy atom. The Kier molecular flexibility index (Phi) is 4.41. The maximum atomic E-state index is 6.00. The first-order valence-corrected chi connectivity index (χ1v) is 7.09. The molecule has 1 aromatic rings. The Balaban J connectivity index is 2.00. The van der Waals surface area contributed by atoms with Crippen molar-refractivity contribution in [3.05, 3.63) is 35.9 Å². The zero-order valence-electron chi connectivity index (χ0n) is 11.7. The predicted octanol–water partition coefficient (Wildman–Crippen LogP) is 2.68. The first-order chi connectivity index (χ1) is 8.61. The molecular weight excluding hydrogens is 220 g/mol. The van der Waals surface area contributed by atoms with E-state index in [0.717, 1.165) is 13.0 Å². The summed E-state index contributed by atoms with van der Waals surface area (Å²) >= 11 is 0. The van der Waals surface area contributed by atoms with Crippen molar-refractivity contribution in [3.63, 3.8) is 0 Å². The maximum absolute atomic E-state index is 6.00. The molecule has 18 heavy (non-hydrogen) atoms. The van der Waals surface area contributed by atoms with Gasteiger partial charge in [-0.25, -0.2) is 0 Å². The van der Waals surface area contributed by atoms with Gasteiger partial charge >= 0.3 is 0 Å². The summed E-state index contributed by atoms with van der Waals surface area (Å²) in [5.74, 6) is 0. The van der Waals surface area contributed by atoms with Gasteiger partial charge in [-0.2, -0.15) is 0 Å². The lowest BCUT2D eigenvalue weighted by Gasteiger charge is -2.42. The summed E-state index contributed by atoms with van der Waals surface area (Å²) in [6.45, 7) is 7.88. The van der Waals surface area contributed by atoms with Gasteiger partial charge in [-0.15, -0.1) is 0 Å². The molecule has 1 atom stereocenters. The topological polar surface area (TPSA) is 29.3 Å². The molecule has 0 amide bonds. The number of rotatable bonds is 4. The summed E-state index contributed by atoms with van der Waals surface area (Å²) in [4.78, 5) is 2.59. The standard InChI is InChI=1S/C16H26N2/c1-16(2)9-6-10-18(13-16)15(12-17)11-14-7-4-3-5-8-14/h3-5,7-8,15H,6,9-13,17H2,1-2H3. The number of hydrogen-bond acceptors (Lipinski definition) is 2. The smallest absolute Gasteiger partial charge is 0.0258 e. The molecule has 2 N–H and O–H groups in total. The summed E-state index contributed by atoms with van der Waals surface area (Å²) in [5, 5.41) is 0. The second-order valence-corrected chi connectivity index (χ2v) is 6.32. The SMILES string of the molecule is CC1(C)CCCN(C(CN)Cc2ccccc2)C1. The molecule has 0 saturated carbocycles. The van der Waals surface area contributed by atoms with E-state index in [-0.39, 0.29) is 0 Å². The molecule has 1 unspecified atom stereocenters. The molecule has 1 heterocycles. The third-order valence-electron chi connectivity index (χ3n) is 4.03. The molecule has 0 bridgehead atoms. The third-order valence-corrected chi connectivity index (χ3v) is 4.03. The number of likely N-dealkylation sites (tertiary alicyclic amines) is 1. The highest BCUT2D eigenvalue weighted by Gasteiger charge is 2.29. The number of piperidine rings is 1. The van der Waals surface area contributed by atoms with Crippen LogP contribution in [0.15, 0.2) is 30.3 Å². The van der Waals surface area contributed by atoms with Gasteiger partial charge in [-0.1, -0.05) is 44.2 Å². The van der Waals surface area contributed by atoms with E-state index in [1.807, 2.05) is 0 Å². The van der Waals surface area contributed by atoms with Crippen molar-refractivity contribution in [2.45, 2.75) is 39.2 Å². The fourth-order valence-electron chi connectivity index (χ4n) is 3.03. The van der Waals surface area contributed by atoms with Gasteiger partial charge in [-0.3, -0.25) is 4.90 Å². The minimum atomic E-state index is 0.447. The van der Waals surface area contributed by atoms with Crippen LogP contribution in [0.5, 0.6) is 0 Å². The van der Waals surface area contributed by atoms with Gasteiger partial charge in [0.25, 0.3) is 0 Å². The summed E-state index contributed by atoms with van der Waals surface area (Å²) in [6.07, 6.45) is 3.72. The Hall–Kier alpha value is -0.860. The third kappa shape index (κ3) is 3.56. The van der Waals surface area contributed by atoms with Crippen molar-refractivity contribution < 1.29 is 0 Å². The fourth-order valence-corrected chi connectivity index (χ4v) is 3.03. The van der Waals surface area contributed by atoms with E-state index >= 15 is 0 Å². The summed E-state index contributed by atoms with van der Waals surface area (Å²) in [6, 6.07) is 11.2. The normalized spacial score (nSPS) is 21.7. The zero-order valence-corrected chi connectivity index (χ0v) is 11.7. The Bertz CT molecular complexity index is 359. The number of hydrogen-bond donors (Lipinski definition) is 1. The highest BCUT2D eigenvalue weighted by molar-refractivity contribution is 5.16. The quantitative estimate of drug-likeness (QED) is 0.885. The predicted molar refractivity (Wildman–Crippen MR) is 77.6 cm³/mol. The Labute approximate surface area is 111 Å². The molecule has 1 aromatic carbocycles. The summed E-state index contributed by atoms with van der Waals surface area (Å²) < 4.78 is 0. The molecule has 0 radical (unpaired) electrons. The molecule has 0 aromatic heterocycles. The Morgan fingerprint density at radius 1 is 1.28 bits per heavy atom. The second kappa shape index (κ2) is 5.85. The van der Waals surface area contributed by atoms with Crippen LogP contribution in [0, 0.1) is 5.41 Å². The molecule has 2 heteroatoms. The van der Waals surface area contributed by atoms with Gasteiger partial charge in [0.2, 0.25) is 0 Å². The molecule has 2 rings (SSSR count). The molecule has 1 aliphatic heterocycles. The minimum absolute atomic E-state index is 0.447. The van der Waals surface area contributed by atoms with E-state index in [1.54, 1.807) is 0 Å². The zero-order chi connectivity index (χ0) is 13.0. The van der Waals surface area contributed by atoms with Crippen molar-refractivity contribution in [1.82, 2.24) is 4.90 Å². The fraction of sp³-hybridized carbons (Fsp3) is 0.625. The lowest BCUT2D eigenvalue weighted by atomic mass is 9.83. The van der Waals surface area contributed by atoms with Crippen molar-refractivity contribution in [3.8, 4) is 0 Å². The van der Waals surface area contributed by atoms with Crippen molar-refractivity contribution >= 4 is 0 Å². The molecule has 0 aliphatic carbocycles. The van der Waals surface area contributed by atoms with Crippen LogP contribution in [0.2, 0.25) is 0 Å². The monoisotopic (exact) mass is 246 g/mol. The van der Waals surface area contributed by atoms with Crippen molar-refractivity contribution in [1.29, 1.82) is 0 Å². The van der Waals surface area contributed by atoms with E-state index in [0.29, 0.717) is 11.5 Å². The maximum Gasteiger partial charge on any atom is 0.0258 e. The van der Waals surface area contributed by atoms with Gasteiger partial charge < -0.3 is 5.73 Å². The van der Waals surface area contributed by atoms with Gasteiger partial charge in [0.1, 0.15) is 0 Å². The lowest BCUT2D eigenvalue weighted by molar-refractivity contribution is 0.0808. The highest BCUT2D eigenvalue weighted by Crippen LogP contribution is 2.29. The average molecular weight is 246 g/mol. The van der Waals surface area contributed by atoms with E-state index in [2.05, 4.69) is 49.1 Å². The number of benzene rings is 1. The first kappa shape index (κ1) is 13.6. The van der Waals surface area contributed by atoms with Crippen LogP contribution in [-0.2, 0) is 6.42 Å². The molecule has 1 fully saturated rings. The molecule has 2 nitrogen and oxygen atoms in total. The van der Waals surface area contributed by atoms with Crippen LogP contribution < -0.4 is 5.73 Å². The average Bonchev–Trinajstić information content (AvgIpc) is 2.36. The second-order valence-electron chi connectivity index (χ2n) is 6.32. The first-order valence-electron chi connectivity index (χ1n) is 7.09. The highest BCUT2D eigenvalue weighted by atomic mass is 15.2. The molecule has 1 saturated heterocycles. The van der Waals surface area contributed by atoms with Gasteiger partial charge in [0, 0.05) is 19.1 Å². The number of nitrogens with zero attached hydrogens (tertiary/aromatic N) is 1. The molecular formula is C16H26N2. The van der Waals surface area contributed by atoms with E-state index in [4.69, 9.17) is 5.73 Å². The van der Waals surface area contributed by atoms with Gasteiger partial charge in [-0.05, 0) is 36.8 Å². The van der Waals surface area contributed by atoms with E-state index in [9.17, 15) is 0 Å². The molecule has 0 spiro atoms. The van der Waals surface area contributed by atoms with Crippen molar-refractivity contribution in [2.75, 3.05) is 19.6 Å². The van der Waals surface area contributed by atoms with Crippen LogP contribution in [0.4, 0.5) is 0 Å². The van der Waals surface area contributed by atoms with Crippen LogP contribution >= 0.6 is 0 Å². The number of nitrogens with two attached hydrogens (primary N) is 1. The van der Waals surface area contributed by atoms with Gasteiger partial charge in [0.15, 0.2) is 0 Å². The lowest BCUT2D eigenvalue weighted by Crippen LogP contribution is -2.49. The largest absolute Gasteiger partial charge is 0.329 e.